The van der Waals surface area contributed by atoms with Crippen LogP contribution >= 0.6 is 11.3 Å². The van der Waals surface area contributed by atoms with E-state index in [0.29, 0.717) is 25.2 Å². The molecule has 4 rings (SSSR count). The summed E-state index contributed by atoms with van der Waals surface area (Å²) in [7, 11) is 0. The average Bonchev–Trinajstić information content (AvgIpc) is 3.29. The summed E-state index contributed by atoms with van der Waals surface area (Å²) in [5.74, 6) is -1.01. The summed E-state index contributed by atoms with van der Waals surface area (Å²) in [6, 6.07) is 5.88. The smallest absolute Gasteiger partial charge is 0.354 e. The minimum atomic E-state index is -1.01. The van der Waals surface area contributed by atoms with E-state index in [1.165, 1.54) is 9.56 Å². The maximum absolute atomic E-state index is 11.8. The molecule has 8 heteroatoms. The molecule has 27 heavy (non-hydrogen) atoms. The molecule has 140 valence electrons. The largest absolute Gasteiger partial charge is 0.477 e. The van der Waals surface area contributed by atoms with Crippen molar-refractivity contribution in [2.45, 2.75) is 32.0 Å². The minimum Gasteiger partial charge on any atom is -0.477 e. The highest BCUT2D eigenvalue weighted by molar-refractivity contribution is 7.09. The third-order valence-electron chi connectivity index (χ3n) is 4.70. The molecular weight excluding hydrogens is 364 g/mol. The highest BCUT2D eigenvalue weighted by Gasteiger charge is 2.28. The zero-order valence-electron chi connectivity index (χ0n) is 14.6. The lowest BCUT2D eigenvalue weighted by Crippen LogP contribution is -2.31. The van der Waals surface area contributed by atoms with Crippen LogP contribution in [0.1, 0.15) is 26.5 Å². The molecule has 3 aromatic rings. The number of nitrogens with one attached hydrogen (secondary N) is 1. The van der Waals surface area contributed by atoms with Crippen LogP contribution in [0.3, 0.4) is 0 Å². The first-order chi connectivity index (χ1) is 13.1. The molecule has 1 atom stereocenters. The average molecular weight is 384 g/mol. The number of aromatic nitrogens is 3. The quantitative estimate of drug-likeness (QED) is 0.576. The van der Waals surface area contributed by atoms with Crippen molar-refractivity contribution < 1.29 is 15.0 Å². The first-order valence-electron chi connectivity index (χ1n) is 8.81. The van der Waals surface area contributed by atoms with Crippen LogP contribution in [-0.2, 0) is 25.9 Å². The minimum absolute atomic E-state index is 0.131. The third kappa shape index (κ3) is 3.64. The van der Waals surface area contributed by atoms with Gasteiger partial charge in [-0.2, -0.15) is 5.10 Å². The van der Waals surface area contributed by atoms with Crippen LogP contribution in [0.2, 0.25) is 0 Å². The van der Waals surface area contributed by atoms with Gasteiger partial charge in [0.25, 0.3) is 0 Å². The second kappa shape index (κ2) is 7.59. The SMILES string of the molecule is O=C(O)c1c2c(nn1CC(O)CNCc1cccs1)-c1ccncc1CC2. The van der Waals surface area contributed by atoms with Gasteiger partial charge in [0.2, 0.25) is 0 Å². The molecule has 0 saturated heterocycles. The molecule has 1 unspecified atom stereocenters. The summed E-state index contributed by atoms with van der Waals surface area (Å²) < 4.78 is 1.43. The second-order valence-electron chi connectivity index (χ2n) is 6.56. The Labute approximate surface area is 160 Å². The molecule has 0 radical (unpaired) electrons. The van der Waals surface area contributed by atoms with Gasteiger partial charge >= 0.3 is 5.97 Å². The van der Waals surface area contributed by atoms with Crippen molar-refractivity contribution in [2.75, 3.05) is 6.54 Å². The Hall–Kier alpha value is -2.55. The van der Waals surface area contributed by atoms with Gasteiger partial charge in [-0.25, -0.2) is 4.79 Å². The van der Waals surface area contributed by atoms with Gasteiger partial charge in [-0.1, -0.05) is 6.07 Å². The highest BCUT2D eigenvalue weighted by atomic mass is 32.1. The second-order valence-corrected chi connectivity index (χ2v) is 7.59. The van der Waals surface area contributed by atoms with Gasteiger partial charge in [0.1, 0.15) is 5.69 Å². The Bertz CT molecular complexity index is 952. The number of nitrogens with zero attached hydrogens (tertiary/aromatic N) is 3. The van der Waals surface area contributed by atoms with Crippen molar-refractivity contribution in [3.05, 3.63) is 57.7 Å². The molecule has 0 fully saturated rings. The third-order valence-corrected chi connectivity index (χ3v) is 5.58. The summed E-state index contributed by atoms with van der Waals surface area (Å²) in [5, 5.41) is 29.8. The van der Waals surface area contributed by atoms with Crippen molar-refractivity contribution in [3.63, 3.8) is 0 Å². The first kappa shape index (κ1) is 17.8. The fourth-order valence-electron chi connectivity index (χ4n) is 3.48. The molecule has 7 nitrogen and oxygen atoms in total. The number of carboxylic acid groups (broad SMARTS) is 1. The van der Waals surface area contributed by atoms with Gasteiger partial charge in [-0.3, -0.25) is 9.67 Å². The number of fused-ring (bicyclic) bond motifs is 3. The molecule has 0 aliphatic heterocycles. The number of carboxylic acids is 1. The highest BCUT2D eigenvalue weighted by Crippen LogP contribution is 2.34. The number of aromatic carboxylic acids is 1. The number of aryl methyl sites for hydroxylation is 1. The monoisotopic (exact) mass is 384 g/mol. The maximum atomic E-state index is 11.8. The van der Waals surface area contributed by atoms with Crippen LogP contribution in [-0.4, -0.2) is 43.6 Å². The number of thiophene rings is 1. The van der Waals surface area contributed by atoms with Crippen molar-refractivity contribution in [2.24, 2.45) is 0 Å². The number of hydrogen-bond acceptors (Lipinski definition) is 6. The Kier molecular flexibility index (Phi) is 5.02. The molecule has 0 spiro atoms. The first-order valence-corrected chi connectivity index (χ1v) is 9.69. The molecule has 1 aliphatic carbocycles. The number of aliphatic hydroxyl groups is 1. The van der Waals surface area contributed by atoms with Gasteiger partial charge in [0.15, 0.2) is 0 Å². The van der Waals surface area contributed by atoms with Crippen molar-refractivity contribution in [1.29, 1.82) is 0 Å². The predicted molar refractivity (Wildman–Crippen MR) is 102 cm³/mol. The lowest BCUT2D eigenvalue weighted by Gasteiger charge is -2.14. The van der Waals surface area contributed by atoms with E-state index < -0.39 is 12.1 Å². The predicted octanol–water partition coefficient (Wildman–Crippen LogP) is 1.95. The molecule has 0 aromatic carbocycles. The maximum Gasteiger partial charge on any atom is 0.354 e. The van der Waals surface area contributed by atoms with E-state index in [1.54, 1.807) is 23.7 Å². The lowest BCUT2D eigenvalue weighted by atomic mass is 9.90. The molecule has 3 heterocycles. The summed E-state index contributed by atoms with van der Waals surface area (Å²) in [5.41, 5.74) is 3.60. The van der Waals surface area contributed by atoms with E-state index in [1.807, 2.05) is 23.6 Å². The summed E-state index contributed by atoms with van der Waals surface area (Å²) in [4.78, 5) is 17.2. The Morgan fingerprint density at radius 1 is 1.37 bits per heavy atom. The summed E-state index contributed by atoms with van der Waals surface area (Å²) in [6.07, 6.45) is 4.12. The Morgan fingerprint density at radius 3 is 3.04 bits per heavy atom. The van der Waals surface area contributed by atoms with Crippen LogP contribution in [0.25, 0.3) is 11.3 Å². The zero-order chi connectivity index (χ0) is 18.8. The fourth-order valence-corrected chi connectivity index (χ4v) is 4.15. The van der Waals surface area contributed by atoms with E-state index in [2.05, 4.69) is 15.4 Å². The topological polar surface area (TPSA) is 100 Å². The standard InChI is InChI=1S/C19H20N4O3S/c24-13(9-21-10-14-2-1-7-27-14)11-23-18(19(25)26)16-4-3-12-8-20-6-5-15(12)17(16)22-23/h1-2,5-8,13,21,24H,3-4,9-11H2,(H,25,26). The summed E-state index contributed by atoms with van der Waals surface area (Å²) >= 11 is 1.65. The van der Waals surface area contributed by atoms with E-state index in [9.17, 15) is 15.0 Å². The van der Waals surface area contributed by atoms with Crippen LogP contribution in [0.5, 0.6) is 0 Å². The molecule has 0 bridgehead atoms. The molecule has 1 aliphatic rings. The number of carbonyl (C=O) groups is 1. The number of aliphatic hydroxyl groups excluding tert-OH is 1. The van der Waals surface area contributed by atoms with Crippen LogP contribution < -0.4 is 5.32 Å². The summed E-state index contributed by atoms with van der Waals surface area (Å²) in [6.45, 7) is 1.17. The van der Waals surface area contributed by atoms with Crippen molar-refractivity contribution in [1.82, 2.24) is 20.1 Å². The van der Waals surface area contributed by atoms with Gasteiger partial charge < -0.3 is 15.5 Å². The number of rotatable bonds is 7. The zero-order valence-corrected chi connectivity index (χ0v) is 15.4. The van der Waals surface area contributed by atoms with E-state index in [-0.39, 0.29) is 12.2 Å². The number of pyridine rings is 1. The lowest BCUT2D eigenvalue weighted by molar-refractivity contribution is 0.0675. The number of hydrogen-bond donors (Lipinski definition) is 3. The Balaban J connectivity index is 1.53. The van der Waals surface area contributed by atoms with Gasteiger partial charge in [0.05, 0.1) is 18.3 Å². The van der Waals surface area contributed by atoms with Crippen molar-refractivity contribution in [3.8, 4) is 11.3 Å². The molecular formula is C19H20N4O3S. The van der Waals surface area contributed by atoms with Crippen LogP contribution in [0, 0.1) is 0 Å². The van der Waals surface area contributed by atoms with E-state index in [0.717, 1.165) is 23.1 Å². The van der Waals surface area contributed by atoms with E-state index in [4.69, 9.17) is 0 Å². The van der Waals surface area contributed by atoms with Gasteiger partial charge in [-0.15, -0.1) is 11.3 Å². The van der Waals surface area contributed by atoms with E-state index >= 15 is 0 Å². The molecule has 0 saturated carbocycles. The molecule has 3 aromatic heterocycles. The van der Waals surface area contributed by atoms with Gasteiger partial charge in [-0.05, 0) is 35.9 Å². The van der Waals surface area contributed by atoms with Crippen LogP contribution in [0.4, 0.5) is 0 Å². The van der Waals surface area contributed by atoms with Gasteiger partial charge in [0, 0.05) is 41.5 Å². The van der Waals surface area contributed by atoms with Crippen LogP contribution in [0.15, 0.2) is 36.0 Å². The van der Waals surface area contributed by atoms with Crippen molar-refractivity contribution >= 4 is 17.3 Å². The fraction of sp³-hybridized carbons (Fsp3) is 0.316. The normalized spacial score (nSPS) is 13.8. The Morgan fingerprint density at radius 2 is 2.26 bits per heavy atom. The molecule has 0 amide bonds. The molecule has 3 N–H and O–H groups in total.